The Hall–Kier alpha value is -3.07. The predicted molar refractivity (Wildman–Crippen MR) is 117 cm³/mol. The number of hydrogen-bond acceptors (Lipinski definition) is 9. The Morgan fingerprint density at radius 2 is 2.12 bits per heavy atom. The molecule has 0 aliphatic carbocycles. The first-order valence-electron chi connectivity index (χ1n) is 10.7. The number of esters is 1. The van der Waals surface area contributed by atoms with E-state index in [1.54, 1.807) is 55.6 Å². The van der Waals surface area contributed by atoms with Gasteiger partial charge in [-0.3, -0.25) is 4.79 Å². The van der Waals surface area contributed by atoms with Crippen molar-refractivity contribution in [2.45, 2.75) is 57.4 Å². The molecular weight excluding hydrogens is 428 g/mol. The number of aliphatic imine (C=N–C) groups is 1. The molecule has 2 aromatic heterocycles. The summed E-state index contributed by atoms with van der Waals surface area (Å²) in [5.41, 5.74) is -0.484. The molecule has 33 heavy (non-hydrogen) atoms. The van der Waals surface area contributed by atoms with Crippen LogP contribution in [0.3, 0.4) is 0 Å². The smallest absolute Gasteiger partial charge is 0.308 e. The van der Waals surface area contributed by atoms with Crippen molar-refractivity contribution < 1.29 is 23.7 Å². The Morgan fingerprint density at radius 3 is 2.79 bits per heavy atom. The molecule has 2 aromatic rings. The zero-order chi connectivity index (χ0) is 24.0. The van der Waals surface area contributed by atoms with Gasteiger partial charge in [-0.15, -0.1) is 0 Å². The summed E-state index contributed by atoms with van der Waals surface area (Å²) in [6.45, 7) is 6.99. The molecule has 4 heterocycles. The third-order valence-corrected chi connectivity index (χ3v) is 5.48. The summed E-state index contributed by atoms with van der Waals surface area (Å²) >= 11 is 0. The quantitative estimate of drug-likeness (QED) is 0.363. The maximum Gasteiger partial charge on any atom is 0.308 e. The lowest BCUT2D eigenvalue weighted by Gasteiger charge is -2.29. The number of hydrogen-bond donors (Lipinski definition) is 0. The number of fused-ring (bicyclic) bond motifs is 2. The lowest BCUT2D eigenvalue weighted by atomic mass is 9.92. The van der Waals surface area contributed by atoms with E-state index < -0.39 is 29.7 Å². The van der Waals surface area contributed by atoms with Crippen LogP contribution in [0.2, 0.25) is 0 Å². The van der Waals surface area contributed by atoms with Gasteiger partial charge < -0.3 is 23.8 Å². The number of carbonyl (C=O) groups excluding carboxylic acids is 1. The van der Waals surface area contributed by atoms with Crippen molar-refractivity contribution in [3.8, 4) is 6.07 Å². The van der Waals surface area contributed by atoms with Gasteiger partial charge in [0.05, 0.1) is 18.0 Å². The number of ether oxygens (including phenoxy) is 4. The summed E-state index contributed by atoms with van der Waals surface area (Å²) in [5.74, 6) is -1.14. The highest BCUT2D eigenvalue weighted by Gasteiger charge is 2.65. The first-order valence-corrected chi connectivity index (χ1v) is 10.7. The van der Waals surface area contributed by atoms with Gasteiger partial charge in [0.25, 0.3) is 0 Å². The number of carbonyl (C=O) groups is 1. The summed E-state index contributed by atoms with van der Waals surface area (Å²) in [4.78, 5) is 22.5. The third-order valence-electron chi connectivity index (χ3n) is 5.48. The molecule has 2 aliphatic rings. The van der Waals surface area contributed by atoms with Crippen LogP contribution >= 0.6 is 0 Å². The summed E-state index contributed by atoms with van der Waals surface area (Å²) in [7, 11) is 3.71. The van der Waals surface area contributed by atoms with Crippen LogP contribution < -0.4 is 0 Å². The first kappa shape index (κ1) is 23.1. The van der Waals surface area contributed by atoms with Crippen LogP contribution in [0, 0.1) is 17.2 Å². The molecule has 0 aromatic carbocycles. The number of nitriles is 1. The van der Waals surface area contributed by atoms with E-state index in [4.69, 9.17) is 18.9 Å². The molecule has 2 fully saturated rings. The van der Waals surface area contributed by atoms with E-state index >= 15 is 0 Å². The van der Waals surface area contributed by atoms with Gasteiger partial charge in [0, 0.05) is 14.1 Å². The van der Waals surface area contributed by atoms with E-state index in [1.165, 1.54) is 6.33 Å². The first-order chi connectivity index (χ1) is 15.6. The fraction of sp³-hybridized carbons (Fsp3) is 0.591. The maximum atomic E-state index is 12.0. The van der Waals surface area contributed by atoms with Crippen molar-refractivity contribution in [2.24, 2.45) is 10.9 Å². The highest BCUT2D eigenvalue weighted by atomic mass is 16.8. The van der Waals surface area contributed by atoms with Gasteiger partial charge in [0.15, 0.2) is 11.6 Å². The molecule has 0 bridgehead atoms. The van der Waals surface area contributed by atoms with Crippen molar-refractivity contribution in [1.29, 1.82) is 5.26 Å². The van der Waals surface area contributed by atoms with Crippen LogP contribution in [0.25, 0.3) is 5.52 Å². The largest absolute Gasteiger partial charge is 0.463 e. The summed E-state index contributed by atoms with van der Waals surface area (Å²) in [6.07, 6.45) is 0.930. The molecule has 11 nitrogen and oxygen atoms in total. The molecule has 176 valence electrons. The lowest BCUT2D eigenvalue weighted by Crippen LogP contribution is -2.40. The van der Waals surface area contributed by atoms with E-state index in [9.17, 15) is 10.1 Å². The van der Waals surface area contributed by atoms with Gasteiger partial charge in [-0.25, -0.2) is 14.5 Å². The SMILES string of the molecule is CC(C)C(=O)OC[C@H]1O[C@@](C#N)(c2ccc3c(N=CN(C)C)ncnn23)[C@@H]2OC(C)(C)O[C@@H]21. The maximum absolute atomic E-state index is 12.0. The van der Waals surface area contributed by atoms with E-state index in [-0.39, 0.29) is 18.5 Å². The minimum atomic E-state index is -1.54. The molecular formula is C22H28N6O5. The molecule has 0 radical (unpaired) electrons. The van der Waals surface area contributed by atoms with Gasteiger partial charge >= 0.3 is 5.97 Å². The molecule has 0 saturated carbocycles. The third kappa shape index (κ3) is 4.06. The minimum absolute atomic E-state index is 0.0578. The Labute approximate surface area is 191 Å². The summed E-state index contributed by atoms with van der Waals surface area (Å²) in [5, 5.41) is 14.7. The van der Waals surface area contributed by atoms with Crippen molar-refractivity contribution in [2.75, 3.05) is 20.7 Å². The zero-order valence-corrected chi connectivity index (χ0v) is 19.6. The Balaban J connectivity index is 1.75. The van der Waals surface area contributed by atoms with Crippen LogP contribution in [-0.4, -0.2) is 76.6 Å². The molecule has 4 rings (SSSR count). The van der Waals surface area contributed by atoms with Crippen LogP contribution in [0.4, 0.5) is 5.82 Å². The molecule has 0 N–H and O–H groups in total. The summed E-state index contributed by atoms with van der Waals surface area (Å²) in [6, 6.07) is 5.82. The van der Waals surface area contributed by atoms with Crippen molar-refractivity contribution >= 4 is 23.6 Å². The standard InChI is InChI=1S/C22H28N6O5/c1-13(2)20(29)30-9-15-17-18(33-21(3,4)32-17)22(10-23,31-15)16-8-7-14-19(25-12-27(5)6)24-11-26-28(14)16/h7-8,11-13,15,17-18H,9H2,1-6H3/t15-,17-,18-,22+/m1/s1. The van der Waals surface area contributed by atoms with Gasteiger partial charge in [-0.2, -0.15) is 10.4 Å². The fourth-order valence-electron chi connectivity index (χ4n) is 4.03. The van der Waals surface area contributed by atoms with Crippen LogP contribution in [0.5, 0.6) is 0 Å². The number of aromatic nitrogens is 3. The molecule has 0 unspecified atom stereocenters. The van der Waals surface area contributed by atoms with Gasteiger partial charge in [0.2, 0.25) is 5.60 Å². The average Bonchev–Trinajstić information content (AvgIpc) is 3.41. The normalized spacial score (nSPS) is 28.4. The lowest BCUT2D eigenvalue weighted by molar-refractivity contribution is -0.207. The van der Waals surface area contributed by atoms with Gasteiger partial charge in [-0.1, -0.05) is 13.8 Å². The molecule has 2 aliphatic heterocycles. The van der Waals surface area contributed by atoms with Crippen molar-refractivity contribution in [1.82, 2.24) is 19.5 Å². The Kier molecular flexibility index (Phi) is 5.86. The Morgan fingerprint density at radius 1 is 1.36 bits per heavy atom. The highest BCUT2D eigenvalue weighted by molar-refractivity contribution is 5.72. The average molecular weight is 457 g/mol. The van der Waals surface area contributed by atoms with Crippen LogP contribution in [-0.2, 0) is 29.3 Å². The molecule has 2 saturated heterocycles. The Bertz CT molecular complexity index is 1120. The molecule has 4 atom stereocenters. The zero-order valence-electron chi connectivity index (χ0n) is 19.6. The second-order valence-corrected chi connectivity index (χ2v) is 9.12. The van der Waals surface area contributed by atoms with E-state index in [0.29, 0.717) is 17.0 Å². The second-order valence-electron chi connectivity index (χ2n) is 9.12. The van der Waals surface area contributed by atoms with Gasteiger partial charge in [-0.05, 0) is 26.0 Å². The molecule has 0 amide bonds. The second kappa shape index (κ2) is 8.37. The van der Waals surface area contributed by atoms with E-state index in [1.807, 2.05) is 14.1 Å². The van der Waals surface area contributed by atoms with E-state index in [2.05, 4.69) is 21.1 Å². The molecule has 0 spiro atoms. The van der Waals surface area contributed by atoms with Crippen LogP contribution in [0.15, 0.2) is 23.5 Å². The highest BCUT2D eigenvalue weighted by Crippen LogP contribution is 2.49. The van der Waals surface area contributed by atoms with Crippen molar-refractivity contribution in [3.63, 3.8) is 0 Å². The predicted octanol–water partition coefficient (Wildman–Crippen LogP) is 1.79. The fourth-order valence-corrected chi connectivity index (χ4v) is 4.03. The number of rotatable bonds is 6. The monoisotopic (exact) mass is 456 g/mol. The number of nitrogens with zero attached hydrogens (tertiary/aromatic N) is 6. The van der Waals surface area contributed by atoms with Crippen LogP contribution in [0.1, 0.15) is 33.4 Å². The topological polar surface area (TPSA) is 124 Å². The molecule has 11 heteroatoms. The van der Waals surface area contributed by atoms with Crippen molar-refractivity contribution in [3.05, 3.63) is 24.2 Å². The van der Waals surface area contributed by atoms with Gasteiger partial charge in [0.1, 0.15) is 42.8 Å². The minimum Gasteiger partial charge on any atom is -0.463 e. The summed E-state index contributed by atoms with van der Waals surface area (Å²) < 4.78 is 25.5. The van der Waals surface area contributed by atoms with E-state index in [0.717, 1.165) is 0 Å².